The molecule has 2 aliphatic carbocycles. The zero-order valence-electron chi connectivity index (χ0n) is 34.0. The summed E-state index contributed by atoms with van der Waals surface area (Å²) in [6.45, 7) is 5.63. The third-order valence-corrected chi connectivity index (χ3v) is 14.6. The van der Waals surface area contributed by atoms with Crippen molar-refractivity contribution < 1.29 is 37.1 Å². The molecule has 2 saturated carbocycles. The maximum Gasteiger partial charge on any atom is 0.259 e. The van der Waals surface area contributed by atoms with Crippen molar-refractivity contribution in [2.45, 2.75) is 94.2 Å². The first-order valence-corrected chi connectivity index (χ1v) is 21.6. The number of hydrogen-bond acceptors (Lipinski definition) is 10. The molecule has 14 nitrogen and oxygen atoms in total. The van der Waals surface area contributed by atoms with E-state index in [1.54, 1.807) is 38.4 Å². The van der Waals surface area contributed by atoms with Gasteiger partial charge in [-0.25, -0.2) is 13.4 Å². The lowest BCUT2D eigenvalue weighted by molar-refractivity contribution is -0.142. The molecule has 0 bridgehead atoms. The highest BCUT2D eigenvalue weighted by atomic mass is 32.2. The van der Waals surface area contributed by atoms with Crippen molar-refractivity contribution in [1.82, 2.24) is 25.2 Å². The van der Waals surface area contributed by atoms with Crippen LogP contribution in [0, 0.1) is 17.8 Å². The average Bonchev–Trinajstić information content (AvgIpc) is 4.08. The number of pyridine rings is 1. The van der Waals surface area contributed by atoms with E-state index in [0.29, 0.717) is 48.3 Å². The summed E-state index contributed by atoms with van der Waals surface area (Å²) < 4.78 is 39.6. The minimum atomic E-state index is -4.00. The van der Waals surface area contributed by atoms with Crippen molar-refractivity contribution in [3.05, 3.63) is 72.4 Å². The molecule has 3 heterocycles. The van der Waals surface area contributed by atoms with Gasteiger partial charge in [0, 0.05) is 49.3 Å². The maximum absolute atomic E-state index is 15.0. The van der Waals surface area contributed by atoms with Gasteiger partial charge in [-0.3, -0.25) is 23.9 Å². The highest BCUT2D eigenvalue weighted by molar-refractivity contribution is 7.91. The summed E-state index contributed by atoms with van der Waals surface area (Å²) in [4.78, 5) is 65.3. The highest BCUT2D eigenvalue weighted by Crippen LogP contribution is 2.47. The molecule has 3 aromatic rings. The fraction of sp³-hybridized carbons (Fsp3) is 0.512. The number of nitrogens with zero attached hydrogens (tertiary/aromatic N) is 3. The molecular formula is C43H54N6O8S. The molecular weight excluding hydrogens is 761 g/mol. The summed E-state index contributed by atoms with van der Waals surface area (Å²) in [6, 6.07) is 12.3. The first-order valence-electron chi connectivity index (χ1n) is 20.1. The molecule has 1 aromatic heterocycles. The molecule has 3 N–H and O–H groups in total. The predicted octanol–water partition coefficient (Wildman–Crippen LogP) is 4.34. The second-order valence-electron chi connectivity index (χ2n) is 17.1. The smallest absolute Gasteiger partial charge is 0.259 e. The van der Waals surface area contributed by atoms with Gasteiger partial charge < -0.3 is 29.9 Å². The van der Waals surface area contributed by atoms with Gasteiger partial charge in [-0.1, -0.05) is 26.0 Å². The molecule has 7 atom stereocenters. The Morgan fingerprint density at radius 2 is 1.78 bits per heavy atom. The lowest BCUT2D eigenvalue weighted by Crippen LogP contribution is -2.59. The number of rotatable bonds is 9. The van der Waals surface area contributed by atoms with Crippen LogP contribution in [0.2, 0.25) is 0 Å². The summed E-state index contributed by atoms with van der Waals surface area (Å²) in [5, 5.41) is 7.49. The van der Waals surface area contributed by atoms with Gasteiger partial charge in [0.15, 0.2) is 0 Å². The lowest BCUT2D eigenvalue weighted by atomic mass is 9.87. The Bertz CT molecular complexity index is 2220. The Kier molecular flexibility index (Phi) is 11.2. The van der Waals surface area contributed by atoms with Crippen LogP contribution in [-0.4, -0.2) is 98.2 Å². The molecule has 310 valence electrons. The van der Waals surface area contributed by atoms with Crippen LogP contribution in [-0.2, 0) is 24.4 Å². The molecule has 4 aliphatic rings. The largest absolute Gasteiger partial charge is 0.497 e. The number of allylic oxidation sites excluding steroid dienone is 1. The Morgan fingerprint density at radius 1 is 1.03 bits per heavy atom. The molecule has 15 heteroatoms. The van der Waals surface area contributed by atoms with Crippen LogP contribution in [0.3, 0.4) is 0 Å². The summed E-state index contributed by atoms with van der Waals surface area (Å²) in [5.74, 6) is -1.91. The number of hydrogen-bond donors (Lipinski definition) is 3. The number of benzene rings is 2. The van der Waals surface area contributed by atoms with Crippen molar-refractivity contribution in [1.29, 1.82) is 0 Å². The molecule has 7 rings (SSSR count). The lowest BCUT2D eigenvalue weighted by Gasteiger charge is -2.33. The van der Waals surface area contributed by atoms with Crippen LogP contribution in [0.15, 0.2) is 66.9 Å². The minimum Gasteiger partial charge on any atom is -0.497 e. The van der Waals surface area contributed by atoms with E-state index < -0.39 is 68.0 Å². The van der Waals surface area contributed by atoms with Crippen LogP contribution in [0.25, 0.3) is 10.8 Å². The summed E-state index contributed by atoms with van der Waals surface area (Å²) >= 11 is 0. The second-order valence-corrected chi connectivity index (χ2v) is 19.3. The number of sulfonamides is 1. The Hall–Kier alpha value is -5.18. The number of aromatic nitrogens is 1. The van der Waals surface area contributed by atoms with E-state index in [2.05, 4.69) is 27.3 Å². The molecule has 58 heavy (non-hydrogen) atoms. The molecule has 2 aliphatic heterocycles. The van der Waals surface area contributed by atoms with Crippen LogP contribution >= 0.6 is 0 Å². The number of ether oxygens (including phenoxy) is 2. The van der Waals surface area contributed by atoms with E-state index >= 15 is 0 Å². The van der Waals surface area contributed by atoms with Gasteiger partial charge in [0.25, 0.3) is 11.8 Å². The van der Waals surface area contributed by atoms with Crippen LogP contribution in [0.5, 0.6) is 11.6 Å². The summed E-state index contributed by atoms with van der Waals surface area (Å²) in [7, 11) is 1.40. The quantitative estimate of drug-likeness (QED) is 0.264. The minimum absolute atomic E-state index is 0.00736. The van der Waals surface area contributed by atoms with Crippen LogP contribution < -0.4 is 29.7 Å². The van der Waals surface area contributed by atoms with Gasteiger partial charge in [-0.15, -0.1) is 0 Å². The molecule has 3 fully saturated rings. The van der Waals surface area contributed by atoms with E-state index in [0.717, 1.165) is 17.5 Å². The molecule has 1 saturated heterocycles. The van der Waals surface area contributed by atoms with Crippen molar-refractivity contribution in [2.24, 2.45) is 17.8 Å². The molecule has 0 spiro atoms. The normalized spacial score (nSPS) is 28.8. The van der Waals surface area contributed by atoms with Crippen molar-refractivity contribution >= 4 is 50.1 Å². The first kappa shape index (κ1) is 41.0. The van der Waals surface area contributed by atoms with Gasteiger partial charge in [0.05, 0.1) is 18.4 Å². The number of carbonyl (C=O) groups excluding carboxylic acids is 4. The molecule has 2 aromatic carbocycles. The van der Waals surface area contributed by atoms with Crippen LogP contribution in [0.1, 0.15) is 76.1 Å². The third-order valence-electron chi connectivity index (χ3n) is 12.4. The zero-order chi connectivity index (χ0) is 41.6. The highest BCUT2D eigenvalue weighted by Gasteiger charge is 2.63. The van der Waals surface area contributed by atoms with Crippen LogP contribution in [0.4, 0.5) is 5.69 Å². The number of amides is 4. The fourth-order valence-corrected chi connectivity index (χ4v) is 9.55. The van der Waals surface area contributed by atoms with Crippen molar-refractivity contribution in [3.8, 4) is 11.6 Å². The zero-order valence-corrected chi connectivity index (χ0v) is 34.8. The first-order chi connectivity index (χ1) is 27.5. The maximum atomic E-state index is 15.0. The standard InChI is InChI=1S/C43H54N6O8S/c1-26-9-7-8-10-30-24-43(30,41(53)47-58(54,55)42(3)18-19-42)46-38(51)35-23-33(57-39-34-16-15-32(56-6)22-29(34)17-20-44-39)25-49(35)40(52)36(27(2)21-26)45-37(50)28-11-13-31(14-12-28)48(4)5/h8,10-17,20,22,26-27,30,33,35-36H,7,9,18-19,21,23-25H2,1-6H3,(H,45,50)(H,46,51)(H,47,53)/b10-8-/t26-,27+,30?,33+,35-,36-,43?/m0/s1. The number of methoxy groups -OCH3 is 1. The van der Waals surface area contributed by atoms with Gasteiger partial charge in [-0.2, -0.15) is 0 Å². The topological polar surface area (TPSA) is 176 Å². The van der Waals surface area contributed by atoms with Crippen molar-refractivity contribution in [3.63, 3.8) is 0 Å². The Balaban J connectivity index is 1.23. The van der Waals surface area contributed by atoms with E-state index in [9.17, 15) is 27.6 Å². The SMILES string of the molecule is COc1ccc2c(O[C@@H]3C[C@H]4C(=O)NC5(C(=O)NS(=O)(=O)C6(C)CC6)CC5/C=C\CC[C@H](C)C[C@@H](C)[C@H](NC(=O)c5ccc(N(C)C)cc5)C(=O)N4C3)nccc2c1. The van der Waals surface area contributed by atoms with Gasteiger partial charge in [0.1, 0.15) is 29.5 Å². The summed E-state index contributed by atoms with van der Waals surface area (Å²) in [5.41, 5.74) is -0.224. The average molecular weight is 815 g/mol. The molecule has 4 amide bonds. The number of nitrogens with one attached hydrogen (secondary N) is 3. The summed E-state index contributed by atoms with van der Waals surface area (Å²) in [6.07, 6.45) is 7.98. The van der Waals surface area contributed by atoms with Gasteiger partial charge in [0.2, 0.25) is 27.7 Å². The monoisotopic (exact) mass is 814 g/mol. The van der Waals surface area contributed by atoms with Crippen molar-refractivity contribution in [2.75, 3.05) is 32.6 Å². The van der Waals surface area contributed by atoms with E-state index in [4.69, 9.17) is 9.47 Å². The van der Waals surface area contributed by atoms with E-state index in [1.165, 1.54) is 4.90 Å². The van der Waals surface area contributed by atoms with E-state index in [1.807, 2.05) is 68.4 Å². The number of anilines is 1. The molecule has 2 unspecified atom stereocenters. The second kappa shape index (κ2) is 15.9. The number of fused-ring (bicyclic) bond motifs is 3. The Morgan fingerprint density at radius 3 is 2.47 bits per heavy atom. The third kappa shape index (κ3) is 8.23. The molecule has 0 radical (unpaired) electrons. The van der Waals surface area contributed by atoms with Gasteiger partial charge in [-0.05, 0) is 111 Å². The number of carbonyl (C=O) groups is 4. The van der Waals surface area contributed by atoms with E-state index in [-0.39, 0.29) is 31.2 Å². The Labute approximate surface area is 340 Å². The van der Waals surface area contributed by atoms with Gasteiger partial charge >= 0.3 is 0 Å². The fourth-order valence-electron chi connectivity index (χ4n) is 8.24. The predicted molar refractivity (Wildman–Crippen MR) is 220 cm³/mol.